The molecule has 0 N–H and O–H groups in total. The zero-order valence-corrected chi connectivity index (χ0v) is 8.52. The first-order valence-electron chi connectivity index (χ1n) is 4.50. The molecule has 2 nitrogen and oxygen atoms in total. The molecule has 5 heteroatoms. The zero-order valence-electron chi connectivity index (χ0n) is 8.52. The normalized spacial score (nSPS) is 10.0. The topological polar surface area (TPSA) is 26.3 Å². The fourth-order valence-electron chi connectivity index (χ4n) is 1.16. The summed E-state index contributed by atoms with van der Waals surface area (Å²) in [4.78, 5) is 11.2. The first kappa shape index (κ1) is 12.3. The van der Waals surface area contributed by atoms with E-state index in [9.17, 15) is 18.0 Å². The van der Waals surface area contributed by atoms with E-state index in [1.54, 1.807) is 0 Å². The average molecular weight is 230 g/mol. The smallest absolute Gasteiger partial charge is 0.341 e. The highest BCUT2D eigenvalue weighted by atomic mass is 19.2. The summed E-state index contributed by atoms with van der Waals surface area (Å²) in [5, 5.41) is 0. The van der Waals surface area contributed by atoms with E-state index in [1.165, 1.54) is 6.92 Å². The molecule has 1 rings (SSSR count). The average Bonchev–Trinajstić information content (AvgIpc) is 2.24. The van der Waals surface area contributed by atoms with Crippen molar-refractivity contribution in [1.29, 1.82) is 0 Å². The SMILES string of the molecule is C=Cc1c(F)c(F)cc(C(=O)OCC)c1F. The van der Waals surface area contributed by atoms with Crippen molar-refractivity contribution in [3.05, 3.63) is 41.2 Å². The number of esters is 1. The molecule has 1 aromatic carbocycles. The molecule has 0 saturated carbocycles. The van der Waals surface area contributed by atoms with Crippen LogP contribution in [0.15, 0.2) is 12.6 Å². The lowest BCUT2D eigenvalue weighted by Gasteiger charge is -2.07. The number of benzene rings is 1. The summed E-state index contributed by atoms with van der Waals surface area (Å²) in [6.07, 6.45) is 0.802. The molecule has 1 aromatic rings. The fraction of sp³-hybridized carbons (Fsp3) is 0.182. The van der Waals surface area contributed by atoms with Gasteiger partial charge >= 0.3 is 5.97 Å². The van der Waals surface area contributed by atoms with Crippen molar-refractivity contribution in [2.24, 2.45) is 0 Å². The molecular weight excluding hydrogens is 221 g/mol. The summed E-state index contributed by atoms with van der Waals surface area (Å²) in [6, 6.07) is 0.468. The fourth-order valence-corrected chi connectivity index (χ4v) is 1.16. The quantitative estimate of drug-likeness (QED) is 0.589. The lowest BCUT2D eigenvalue weighted by atomic mass is 10.1. The highest BCUT2D eigenvalue weighted by molar-refractivity contribution is 5.90. The van der Waals surface area contributed by atoms with Gasteiger partial charge in [0.2, 0.25) is 0 Å². The Balaban J connectivity index is 3.36. The van der Waals surface area contributed by atoms with Crippen LogP contribution in [0.1, 0.15) is 22.8 Å². The van der Waals surface area contributed by atoms with Gasteiger partial charge < -0.3 is 4.74 Å². The molecule has 0 aliphatic carbocycles. The minimum absolute atomic E-state index is 0.0146. The summed E-state index contributed by atoms with van der Waals surface area (Å²) in [7, 11) is 0. The molecule has 0 aliphatic rings. The van der Waals surface area contributed by atoms with Crippen LogP contribution in [0.2, 0.25) is 0 Å². The van der Waals surface area contributed by atoms with Crippen LogP contribution in [0, 0.1) is 17.5 Å². The minimum Gasteiger partial charge on any atom is -0.462 e. The van der Waals surface area contributed by atoms with E-state index in [0.29, 0.717) is 6.07 Å². The Bertz CT molecular complexity index is 441. The predicted octanol–water partition coefficient (Wildman–Crippen LogP) is 2.92. The number of carbonyl (C=O) groups excluding carboxylic acids is 1. The first-order chi connectivity index (χ1) is 7.52. The Morgan fingerprint density at radius 3 is 2.56 bits per heavy atom. The first-order valence-corrected chi connectivity index (χ1v) is 4.50. The number of halogens is 3. The van der Waals surface area contributed by atoms with Crippen molar-refractivity contribution >= 4 is 12.0 Å². The number of hydrogen-bond donors (Lipinski definition) is 0. The molecule has 0 spiro atoms. The summed E-state index contributed by atoms with van der Waals surface area (Å²) in [6.45, 7) is 4.67. The van der Waals surface area contributed by atoms with Crippen molar-refractivity contribution < 1.29 is 22.7 Å². The largest absolute Gasteiger partial charge is 0.462 e. The third-order valence-electron chi connectivity index (χ3n) is 1.89. The maximum absolute atomic E-state index is 13.5. The molecule has 0 saturated heterocycles. The highest BCUT2D eigenvalue weighted by Crippen LogP contribution is 2.21. The van der Waals surface area contributed by atoms with Crippen LogP contribution in [0.5, 0.6) is 0 Å². The third-order valence-corrected chi connectivity index (χ3v) is 1.89. The molecule has 0 amide bonds. The van der Waals surface area contributed by atoms with Crippen LogP contribution in [-0.4, -0.2) is 12.6 Å². The molecule has 0 aromatic heterocycles. The van der Waals surface area contributed by atoms with Gasteiger partial charge in [-0.3, -0.25) is 0 Å². The van der Waals surface area contributed by atoms with E-state index in [4.69, 9.17) is 0 Å². The predicted molar refractivity (Wildman–Crippen MR) is 52.4 cm³/mol. The van der Waals surface area contributed by atoms with Gasteiger partial charge in [0.05, 0.1) is 12.2 Å². The molecule has 0 radical (unpaired) electrons. The minimum atomic E-state index is -1.37. The molecule has 0 atom stereocenters. The maximum atomic E-state index is 13.5. The Kier molecular flexibility index (Phi) is 3.71. The van der Waals surface area contributed by atoms with Crippen LogP contribution in [0.4, 0.5) is 13.2 Å². The van der Waals surface area contributed by atoms with Crippen molar-refractivity contribution in [2.75, 3.05) is 6.61 Å². The third kappa shape index (κ3) is 2.08. The second-order valence-electron chi connectivity index (χ2n) is 2.87. The molecule has 16 heavy (non-hydrogen) atoms. The van der Waals surface area contributed by atoms with Gasteiger partial charge in [-0.05, 0) is 13.0 Å². The highest BCUT2D eigenvalue weighted by Gasteiger charge is 2.21. The van der Waals surface area contributed by atoms with Gasteiger partial charge in [-0.25, -0.2) is 18.0 Å². The second kappa shape index (κ2) is 4.83. The second-order valence-corrected chi connectivity index (χ2v) is 2.87. The Morgan fingerprint density at radius 2 is 2.06 bits per heavy atom. The van der Waals surface area contributed by atoms with Gasteiger partial charge in [-0.1, -0.05) is 12.7 Å². The van der Waals surface area contributed by atoms with Gasteiger partial charge in [0.25, 0.3) is 0 Å². The van der Waals surface area contributed by atoms with Gasteiger partial charge in [0, 0.05) is 5.56 Å². The Hall–Kier alpha value is -1.78. The zero-order chi connectivity index (χ0) is 12.3. The molecule has 86 valence electrons. The molecule has 0 bridgehead atoms. The van der Waals surface area contributed by atoms with E-state index in [2.05, 4.69) is 11.3 Å². The van der Waals surface area contributed by atoms with Crippen LogP contribution in [0.25, 0.3) is 6.08 Å². The van der Waals surface area contributed by atoms with Gasteiger partial charge in [-0.2, -0.15) is 0 Å². The summed E-state index contributed by atoms with van der Waals surface area (Å²) in [5.74, 6) is -4.91. The number of carbonyl (C=O) groups is 1. The Labute approximate surface area is 90.3 Å². The van der Waals surface area contributed by atoms with E-state index in [0.717, 1.165) is 6.08 Å². The van der Waals surface area contributed by atoms with Crippen LogP contribution >= 0.6 is 0 Å². The number of rotatable bonds is 3. The Morgan fingerprint density at radius 1 is 1.44 bits per heavy atom. The van der Waals surface area contributed by atoms with Crippen LogP contribution < -0.4 is 0 Å². The molecule has 0 aliphatic heterocycles. The van der Waals surface area contributed by atoms with Gasteiger partial charge in [-0.15, -0.1) is 0 Å². The monoisotopic (exact) mass is 230 g/mol. The number of ether oxygens (including phenoxy) is 1. The van der Waals surface area contributed by atoms with Crippen molar-refractivity contribution in [3.63, 3.8) is 0 Å². The summed E-state index contributed by atoms with van der Waals surface area (Å²) < 4.78 is 44.1. The van der Waals surface area contributed by atoms with Crippen molar-refractivity contribution in [3.8, 4) is 0 Å². The number of hydrogen-bond acceptors (Lipinski definition) is 2. The molecule has 0 fully saturated rings. The van der Waals surface area contributed by atoms with Crippen molar-refractivity contribution in [1.82, 2.24) is 0 Å². The summed E-state index contributed by atoms with van der Waals surface area (Å²) >= 11 is 0. The summed E-state index contributed by atoms with van der Waals surface area (Å²) in [5.41, 5.74) is -1.32. The van der Waals surface area contributed by atoms with Crippen LogP contribution in [-0.2, 0) is 4.74 Å². The van der Waals surface area contributed by atoms with E-state index in [1.807, 2.05) is 0 Å². The lowest BCUT2D eigenvalue weighted by molar-refractivity contribution is 0.0520. The van der Waals surface area contributed by atoms with Crippen LogP contribution in [0.3, 0.4) is 0 Å². The molecule has 0 unspecified atom stereocenters. The van der Waals surface area contributed by atoms with Gasteiger partial charge in [0.15, 0.2) is 11.6 Å². The van der Waals surface area contributed by atoms with E-state index >= 15 is 0 Å². The maximum Gasteiger partial charge on any atom is 0.341 e. The standard InChI is InChI=1S/C11H9F3O2/c1-3-6-9(13)7(11(15)16-4-2)5-8(12)10(6)14/h3,5H,1,4H2,2H3. The van der Waals surface area contributed by atoms with E-state index in [-0.39, 0.29) is 6.61 Å². The van der Waals surface area contributed by atoms with Crippen molar-refractivity contribution in [2.45, 2.75) is 6.92 Å². The lowest BCUT2D eigenvalue weighted by Crippen LogP contribution is -2.10. The molecular formula is C11H9F3O2. The van der Waals surface area contributed by atoms with E-state index < -0.39 is 34.5 Å². The van der Waals surface area contributed by atoms with Gasteiger partial charge in [0.1, 0.15) is 5.82 Å². The molecule has 0 heterocycles.